The van der Waals surface area contributed by atoms with Gasteiger partial charge in [-0.3, -0.25) is 9.58 Å². The zero-order valence-corrected chi connectivity index (χ0v) is 25.0. The smallest absolute Gasteiger partial charge is 0.411 e. The van der Waals surface area contributed by atoms with Crippen LogP contribution in [0.3, 0.4) is 0 Å². The maximum absolute atomic E-state index is 15.5. The molecule has 1 aliphatic heterocycles. The number of fused-ring (bicyclic) bond motifs is 2. The van der Waals surface area contributed by atoms with Gasteiger partial charge in [0, 0.05) is 49.9 Å². The van der Waals surface area contributed by atoms with E-state index in [0.29, 0.717) is 28.7 Å². The first kappa shape index (κ1) is 28.1. The fraction of sp³-hybridized carbons (Fsp3) is 0.484. The normalized spacial score (nSPS) is 18.1. The maximum Gasteiger partial charge on any atom is 0.411 e. The van der Waals surface area contributed by atoms with Gasteiger partial charge in [-0.2, -0.15) is 5.10 Å². The molecule has 6 rings (SSSR count). The molecule has 10 nitrogen and oxygen atoms in total. The highest BCUT2D eigenvalue weighted by atomic mass is 19.1. The average Bonchev–Trinajstić information content (AvgIpc) is 3.29. The second-order valence-electron chi connectivity index (χ2n) is 12.5. The molecule has 1 saturated heterocycles. The summed E-state index contributed by atoms with van der Waals surface area (Å²) in [6.45, 7) is 9.21. The van der Waals surface area contributed by atoms with Gasteiger partial charge in [-0.15, -0.1) is 0 Å². The minimum absolute atomic E-state index is 0.0430. The van der Waals surface area contributed by atoms with E-state index in [2.05, 4.69) is 16.9 Å². The van der Waals surface area contributed by atoms with Gasteiger partial charge < -0.3 is 19.1 Å². The molecular weight excluding hydrogens is 539 g/mol. The average molecular weight is 577 g/mol. The Labute approximate surface area is 244 Å². The third kappa shape index (κ3) is 5.33. The minimum atomic E-state index is -0.556. The molecule has 1 unspecified atom stereocenters. The highest BCUT2D eigenvalue weighted by Crippen LogP contribution is 2.44. The quantitative estimate of drug-likeness (QED) is 0.260. The highest BCUT2D eigenvalue weighted by molar-refractivity contribution is 5.89. The number of hydrogen-bond donors (Lipinski definition) is 0. The van der Waals surface area contributed by atoms with E-state index in [4.69, 9.17) is 24.2 Å². The van der Waals surface area contributed by atoms with Gasteiger partial charge in [-0.05, 0) is 77.3 Å². The topological polar surface area (TPSA) is 94.8 Å². The number of aromatic nitrogens is 4. The van der Waals surface area contributed by atoms with Crippen molar-refractivity contribution in [3.05, 3.63) is 42.3 Å². The van der Waals surface area contributed by atoms with Gasteiger partial charge >= 0.3 is 6.09 Å². The van der Waals surface area contributed by atoms with Gasteiger partial charge in [0.2, 0.25) is 0 Å². The van der Waals surface area contributed by atoms with Crippen LogP contribution >= 0.6 is 0 Å². The standard InChI is InChI=1S/C31H37FN6O4/c1-30(2,3)42-29(39)38(31(4)12-13-31)20-11-14-37(17-20)25-10-9-23-24(34-25)8-7-22(33-23)21-15-19-16-36(5)35-27(19)26(32)28(21)41-18-40-6/h7-10,15-16,20H,11-14,17-18H2,1-6H3. The zero-order valence-electron chi connectivity index (χ0n) is 25.0. The van der Waals surface area contributed by atoms with Crippen molar-refractivity contribution in [2.75, 3.05) is 31.9 Å². The summed E-state index contributed by atoms with van der Waals surface area (Å²) in [5, 5.41) is 4.88. The number of benzene rings is 1. The Morgan fingerprint density at radius 1 is 1.17 bits per heavy atom. The fourth-order valence-electron chi connectivity index (χ4n) is 5.71. The summed E-state index contributed by atoms with van der Waals surface area (Å²) in [4.78, 5) is 27.1. The van der Waals surface area contributed by atoms with Crippen molar-refractivity contribution in [2.24, 2.45) is 7.05 Å². The van der Waals surface area contributed by atoms with Crippen LogP contribution in [-0.4, -0.2) is 74.9 Å². The molecule has 1 amide bonds. The number of rotatable bonds is 7. The van der Waals surface area contributed by atoms with E-state index in [1.54, 1.807) is 17.9 Å². The van der Waals surface area contributed by atoms with Gasteiger partial charge in [-0.25, -0.2) is 19.2 Å². The largest absolute Gasteiger partial charge is 0.464 e. The SMILES string of the molecule is COCOc1c(-c2ccc3nc(N4CCC(N(C(=O)OC(C)(C)C)C5(C)CC5)C4)ccc3n2)cc2cn(C)nc2c1F. The number of carbonyl (C=O) groups excluding carboxylic acids is 1. The number of anilines is 1. The van der Waals surface area contributed by atoms with Crippen LogP contribution in [0.4, 0.5) is 15.0 Å². The lowest BCUT2D eigenvalue weighted by molar-refractivity contribution is 0.00539. The first-order valence-corrected chi connectivity index (χ1v) is 14.3. The van der Waals surface area contributed by atoms with Gasteiger partial charge in [0.25, 0.3) is 0 Å². The molecule has 4 heterocycles. The monoisotopic (exact) mass is 576 g/mol. The molecule has 0 bridgehead atoms. The molecule has 0 N–H and O–H groups in total. The number of pyridine rings is 2. The summed E-state index contributed by atoms with van der Waals surface area (Å²) in [6.07, 6.45) is 4.33. The molecule has 1 atom stereocenters. The first-order chi connectivity index (χ1) is 20.0. The predicted molar refractivity (Wildman–Crippen MR) is 158 cm³/mol. The Balaban J connectivity index is 1.27. The number of methoxy groups -OCH3 is 1. The van der Waals surface area contributed by atoms with Crippen molar-refractivity contribution in [1.29, 1.82) is 0 Å². The number of hydrogen-bond acceptors (Lipinski definition) is 8. The van der Waals surface area contributed by atoms with Crippen LogP contribution in [0.1, 0.15) is 47.0 Å². The Hall–Kier alpha value is -3.99. The van der Waals surface area contributed by atoms with Crippen LogP contribution in [0.2, 0.25) is 0 Å². The highest BCUT2D eigenvalue weighted by Gasteiger charge is 2.51. The molecule has 1 aromatic carbocycles. The third-order valence-electron chi connectivity index (χ3n) is 7.93. The number of amides is 1. The van der Waals surface area contributed by atoms with E-state index in [9.17, 15) is 4.79 Å². The third-order valence-corrected chi connectivity index (χ3v) is 7.93. The molecule has 42 heavy (non-hydrogen) atoms. The van der Waals surface area contributed by atoms with Crippen molar-refractivity contribution in [3.63, 3.8) is 0 Å². The van der Waals surface area contributed by atoms with Gasteiger partial charge in [0.05, 0.1) is 22.8 Å². The van der Waals surface area contributed by atoms with Gasteiger partial charge in [0.1, 0.15) is 16.9 Å². The van der Waals surface area contributed by atoms with Gasteiger partial charge in [-0.1, -0.05) is 0 Å². The molecule has 11 heteroatoms. The zero-order chi connectivity index (χ0) is 29.8. The van der Waals surface area contributed by atoms with E-state index in [0.717, 1.165) is 37.1 Å². The molecule has 2 aliphatic rings. The first-order valence-electron chi connectivity index (χ1n) is 14.3. The maximum atomic E-state index is 15.5. The molecule has 1 aliphatic carbocycles. The van der Waals surface area contributed by atoms with E-state index in [1.165, 1.54) is 7.11 Å². The number of aryl methyl sites for hydroxylation is 1. The number of halogens is 1. The summed E-state index contributed by atoms with van der Waals surface area (Å²) >= 11 is 0. The summed E-state index contributed by atoms with van der Waals surface area (Å²) in [6, 6.07) is 9.46. The van der Waals surface area contributed by atoms with E-state index >= 15 is 4.39 Å². The number of nitrogens with zero attached hydrogens (tertiary/aromatic N) is 6. The van der Waals surface area contributed by atoms with E-state index in [1.807, 2.05) is 56.0 Å². The van der Waals surface area contributed by atoms with E-state index in [-0.39, 0.29) is 35.7 Å². The molecule has 0 radical (unpaired) electrons. The van der Waals surface area contributed by atoms with Crippen molar-refractivity contribution in [1.82, 2.24) is 24.6 Å². The van der Waals surface area contributed by atoms with Crippen molar-refractivity contribution in [3.8, 4) is 17.0 Å². The lowest BCUT2D eigenvalue weighted by atomic mass is 10.1. The van der Waals surface area contributed by atoms with Crippen molar-refractivity contribution < 1.29 is 23.4 Å². The van der Waals surface area contributed by atoms with Crippen LogP contribution < -0.4 is 9.64 Å². The van der Waals surface area contributed by atoms with Crippen LogP contribution in [0, 0.1) is 5.82 Å². The predicted octanol–water partition coefficient (Wildman–Crippen LogP) is 5.67. The fourth-order valence-corrected chi connectivity index (χ4v) is 5.71. The lowest BCUT2D eigenvalue weighted by Crippen LogP contribution is -2.50. The van der Waals surface area contributed by atoms with Crippen molar-refractivity contribution in [2.45, 2.75) is 64.1 Å². The Morgan fingerprint density at radius 2 is 1.90 bits per heavy atom. The molecule has 2 fully saturated rings. The minimum Gasteiger partial charge on any atom is -0.464 e. The second-order valence-corrected chi connectivity index (χ2v) is 12.5. The van der Waals surface area contributed by atoms with Crippen LogP contribution in [-0.2, 0) is 16.5 Å². The lowest BCUT2D eigenvalue weighted by Gasteiger charge is -2.36. The molecule has 1 saturated carbocycles. The van der Waals surface area contributed by atoms with Crippen LogP contribution in [0.15, 0.2) is 36.5 Å². The summed E-state index contributed by atoms with van der Waals surface area (Å²) in [5.74, 6) is 0.317. The molecular formula is C31H37FN6O4. The molecule has 4 aromatic rings. The van der Waals surface area contributed by atoms with Gasteiger partial charge in [0.15, 0.2) is 18.4 Å². The summed E-state index contributed by atoms with van der Waals surface area (Å²) in [7, 11) is 3.23. The Bertz CT molecular complexity index is 1660. The number of carbonyl (C=O) groups is 1. The van der Waals surface area contributed by atoms with Crippen LogP contribution in [0.5, 0.6) is 5.75 Å². The molecule has 0 spiro atoms. The molecule has 222 valence electrons. The molecule has 3 aromatic heterocycles. The Kier molecular flexibility index (Phi) is 6.95. The summed E-state index contributed by atoms with van der Waals surface area (Å²) in [5.41, 5.74) is 2.00. The Morgan fingerprint density at radius 3 is 2.62 bits per heavy atom. The van der Waals surface area contributed by atoms with Crippen LogP contribution in [0.25, 0.3) is 33.2 Å². The number of ether oxygens (including phenoxy) is 3. The van der Waals surface area contributed by atoms with Crippen molar-refractivity contribution >= 4 is 33.8 Å². The summed E-state index contributed by atoms with van der Waals surface area (Å²) < 4.78 is 33.5. The second kappa shape index (κ2) is 10.4. The van der Waals surface area contributed by atoms with E-state index < -0.39 is 11.4 Å².